The molecule has 0 heterocycles. The highest BCUT2D eigenvalue weighted by Gasteiger charge is 2.28. The molecule has 0 aliphatic heterocycles. The zero-order valence-corrected chi connectivity index (χ0v) is 16.3. The average molecular weight is 430 g/mol. The van der Waals surface area contributed by atoms with Gasteiger partial charge < -0.3 is 9.84 Å². The molecule has 0 atom stereocenters. The van der Waals surface area contributed by atoms with Crippen LogP contribution in [0.25, 0.3) is 0 Å². The highest BCUT2D eigenvalue weighted by molar-refractivity contribution is 7.92. The Morgan fingerprint density at radius 1 is 1.00 bits per heavy atom. The van der Waals surface area contributed by atoms with Crippen molar-refractivity contribution in [3.8, 4) is 5.75 Å². The second kappa shape index (κ2) is 8.03. The Hall–Kier alpha value is -2.21. The van der Waals surface area contributed by atoms with Crippen LogP contribution in [0.5, 0.6) is 5.75 Å². The lowest BCUT2D eigenvalue weighted by Gasteiger charge is -2.14. The van der Waals surface area contributed by atoms with E-state index in [0.29, 0.717) is 0 Å². The Bertz CT molecular complexity index is 1050. The van der Waals surface area contributed by atoms with Gasteiger partial charge in [-0.3, -0.25) is 4.72 Å². The van der Waals surface area contributed by atoms with Crippen molar-refractivity contribution in [2.24, 2.45) is 0 Å². The standard InChI is InChI=1S/C17H19FN2O6S2/c18-12-1-8-16(17(11-12)26-10-9-21)20-28(24,25)15-6-4-14(5-7-15)27(22,23)19-13-2-3-13/h1,4-8,11,13,19-21H,2-3,9-10H2. The predicted octanol–water partition coefficient (Wildman–Crippen LogP) is 1.44. The first-order valence-electron chi connectivity index (χ1n) is 8.40. The lowest BCUT2D eigenvalue weighted by atomic mass is 10.3. The number of benzene rings is 2. The molecule has 1 saturated carbocycles. The number of aliphatic hydroxyl groups excluding tert-OH is 1. The summed E-state index contributed by atoms with van der Waals surface area (Å²) in [5.74, 6) is -0.709. The van der Waals surface area contributed by atoms with Crippen molar-refractivity contribution in [2.75, 3.05) is 17.9 Å². The second-order valence-electron chi connectivity index (χ2n) is 6.19. The number of anilines is 1. The molecular formula is C17H19FN2O6S2. The van der Waals surface area contributed by atoms with Gasteiger partial charge in [-0.25, -0.2) is 25.9 Å². The van der Waals surface area contributed by atoms with Crippen molar-refractivity contribution in [3.63, 3.8) is 0 Å². The number of hydrogen-bond donors (Lipinski definition) is 3. The van der Waals surface area contributed by atoms with Crippen LogP contribution < -0.4 is 14.2 Å². The zero-order valence-electron chi connectivity index (χ0n) is 14.6. The summed E-state index contributed by atoms with van der Waals surface area (Å²) >= 11 is 0. The molecule has 8 nitrogen and oxygen atoms in total. The van der Waals surface area contributed by atoms with Gasteiger partial charge in [0.2, 0.25) is 10.0 Å². The minimum absolute atomic E-state index is 0.0121. The largest absolute Gasteiger partial charge is 0.489 e. The van der Waals surface area contributed by atoms with E-state index in [4.69, 9.17) is 9.84 Å². The molecule has 28 heavy (non-hydrogen) atoms. The van der Waals surface area contributed by atoms with Crippen LogP contribution in [-0.4, -0.2) is 41.2 Å². The highest BCUT2D eigenvalue weighted by Crippen LogP contribution is 2.28. The summed E-state index contributed by atoms with van der Waals surface area (Å²) in [5, 5.41) is 8.84. The lowest BCUT2D eigenvalue weighted by Crippen LogP contribution is -2.25. The fourth-order valence-electron chi connectivity index (χ4n) is 2.35. The first-order chi connectivity index (χ1) is 13.2. The number of halogens is 1. The van der Waals surface area contributed by atoms with Gasteiger partial charge in [0.15, 0.2) is 0 Å². The van der Waals surface area contributed by atoms with Crippen LogP contribution in [0, 0.1) is 5.82 Å². The number of aliphatic hydroxyl groups is 1. The summed E-state index contributed by atoms with van der Waals surface area (Å²) in [6.45, 7) is -0.466. The van der Waals surface area contributed by atoms with Gasteiger partial charge in [0.05, 0.1) is 22.1 Å². The van der Waals surface area contributed by atoms with Crippen LogP contribution in [0.2, 0.25) is 0 Å². The van der Waals surface area contributed by atoms with Gasteiger partial charge >= 0.3 is 0 Å². The molecule has 0 bridgehead atoms. The molecule has 152 valence electrons. The van der Waals surface area contributed by atoms with E-state index in [-0.39, 0.29) is 40.5 Å². The summed E-state index contributed by atoms with van der Waals surface area (Å²) in [4.78, 5) is -0.206. The van der Waals surface area contributed by atoms with Gasteiger partial charge in [0.1, 0.15) is 18.2 Å². The fourth-order valence-corrected chi connectivity index (χ4v) is 4.72. The van der Waals surface area contributed by atoms with Crippen molar-refractivity contribution in [1.82, 2.24) is 4.72 Å². The quantitative estimate of drug-likeness (QED) is 0.553. The molecule has 3 rings (SSSR count). The second-order valence-corrected chi connectivity index (χ2v) is 9.58. The summed E-state index contributed by atoms with van der Waals surface area (Å²) in [5.41, 5.74) is -0.0121. The van der Waals surface area contributed by atoms with Crippen molar-refractivity contribution >= 4 is 25.7 Å². The number of hydrogen-bond acceptors (Lipinski definition) is 6. The number of rotatable bonds is 9. The minimum atomic E-state index is -4.08. The Morgan fingerprint density at radius 3 is 2.18 bits per heavy atom. The molecule has 0 radical (unpaired) electrons. The first kappa shape index (κ1) is 20.5. The average Bonchev–Trinajstić information content (AvgIpc) is 3.45. The Labute approximate surface area is 162 Å². The Morgan fingerprint density at radius 2 is 1.61 bits per heavy atom. The Balaban J connectivity index is 1.81. The maximum atomic E-state index is 13.4. The topological polar surface area (TPSA) is 122 Å². The summed E-state index contributed by atoms with van der Waals surface area (Å²) in [6, 6.07) is 7.92. The SMILES string of the molecule is O=S(=O)(Nc1ccc(F)cc1OCCO)c1ccc(S(=O)(=O)NC2CC2)cc1. The smallest absolute Gasteiger partial charge is 0.262 e. The zero-order chi connectivity index (χ0) is 20.4. The monoisotopic (exact) mass is 430 g/mol. The molecule has 0 unspecified atom stereocenters. The molecule has 2 aromatic carbocycles. The van der Waals surface area contributed by atoms with E-state index in [1.54, 1.807) is 0 Å². The molecule has 0 spiro atoms. The first-order valence-corrected chi connectivity index (χ1v) is 11.4. The molecule has 0 amide bonds. The van der Waals surface area contributed by atoms with E-state index >= 15 is 0 Å². The van der Waals surface area contributed by atoms with Gasteiger partial charge in [-0.1, -0.05) is 0 Å². The predicted molar refractivity (Wildman–Crippen MR) is 99.6 cm³/mol. The minimum Gasteiger partial charge on any atom is -0.489 e. The van der Waals surface area contributed by atoms with Gasteiger partial charge in [0, 0.05) is 12.1 Å². The molecule has 0 saturated heterocycles. The van der Waals surface area contributed by atoms with Crippen LogP contribution in [0.3, 0.4) is 0 Å². The van der Waals surface area contributed by atoms with Crippen LogP contribution >= 0.6 is 0 Å². The van der Waals surface area contributed by atoms with E-state index in [1.807, 2.05) is 0 Å². The van der Waals surface area contributed by atoms with Gasteiger partial charge in [-0.15, -0.1) is 0 Å². The van der Waals surface area contributed by atoms with Crippen LogP contribution in [0.1, 0.15) is 12.8 Å². The molecule has 11 heteroatoms. The Kier molecular flexibility index (Phi) is 5.89. The summed E-state index contributed by atoms with van der Waals surface area (Å²) in [6.07, 6.45) is 1.57. The summed E-state index contributed by atoms with van der Waals surface area (Å²) in [7, 11) is -7.77. The number of nitrogens with one attached hydrogen (secondary N) is 2. The maximum Gasteiger partial charge on any atom is 0.262 e. The third-order valence-corrected chi connectivity index (χ3v) is 6.80. The van der Waals surface area contributed by atoms with Gasteiger partial charge in [0.25, 0.3) is 10.0 Å². The van der Waals surface area contributed by atoms with Crippen molar-refractivity contribution in [2.45, 2.75) is 28.7 Å². The number of sulfonamides is 2. The van der Waals surface area contributed by atoms with Crippen molar-refractivity contribution < 1.29 is 31.1 Å². The van der Waals surface area contributed by atoms with E-state index in [9.17, 15) is 21.2 Å². The van der Waals surface area contributed by atoms with E-state index < -0.39 is 25.9 Å². The van der Waals surface area contributed by atoms with Gasteiger partial charge in [-0.2, -0.15) is 0 Å². The van der Waals surface area contributed by atoms with E-state index in [1.165, 1.54) is 30.3 Å². The third kappa shape index (κ3) is 4.98. The third-order valence-electron chi connectivity index (χ3n) is 3.88. The van der Waals surface area contributed by atoms with Crippen molar-refractivity contribution in [1.29, 1.82) is 0 Å². The summed E-state index contributed by atoms with van der Waals surface area (Å²) < 4.78 is 72.8. The fraction of sp³-hybridized carbons (Fsp3) is 0.294. The van der Waals surface area contributed by atoms with Crippen LogP contribution in [0.4, 0.5) is 10.1 Å². The normalized spacial score (nSPS) is 14.6. The van der Waals surface area contributed by atoms with Crippen molar-refractivity contribution in [3.05, 3.63) is 48.3 Å². The molecular weight excluding hydrogens is 411 g/mol. The van der Waals surface area contributed by atoms with Crippen LogP contribution in [-0.2, 0) is 20.0 Å². The molecule has 3 N–H and O–H groups in total. The maximum absolute atomic E-state index is 13.4. The van der Waals surface area contributed by atoms with E-state index in [2.05, 4.69) is 9.44 Å². The molecule has 1 fully saturated rings. The van der Waals surface area contributed by atoms with Gasteiger partial charge in [-0.05, 0) is 49.2 Å². The lowest BCUT2D eigenvalue weighted by molar-refractivity contribution is 0.201. The molecule has 1 aliphatic carbocycles. The number of ether oxygens (including phenoxy) is 1. The molecule has 0 aromatic heterocycles. The molecule has 2 aromatic rings. The molecule has 1 aliphatic rings. The highest BCUT2D eigenvalue weighted by atomic mass is 32.2. The van der Waals surface area contributed by atoms with Crippen LogP contribution in [0.15, 0.2) is 52.3 Å². The van der Waals surface area contributed by atoms with E-state index in [0.717, 1.165) is 25.0 Å².